The molecule has 0 aliphatic heterocycles. The molecule has 1 aromatic heterocycles. The average Bonchev–Trinajstić information content (AvgIpc) is 3.45. The second-order valence-electron chi connectivity index (χ2n) is 6.29. The van der Waals surface area contributed by atoms with Crippen LogP contribution in [0.15, 0.2) is 71.5 Å². The van der Waals surface area contributed by atoms with E-state index < -0.39 is 5.41 Å². The van der Waals surface area contributed by atoms with Crippen LogP contribution in [-0.4, -0.2) is 16.1 Å². The minimum absolute atomic E-state index is 0.0188. The van der Waals surface area contributed by atoms with Crippen LogP contribution in [-0.2, 0) is 10.2 Å². The van der Waals surface area contributed by atoms with Crippen molar-refractivity contribution < 1.29 is 4.79 Å². The second kappa shape index (κ2) is 6.02. The zero-order valence-electron chi connectivity index (χ0n) is 13.5. The van der Waals surface area contributed by atoms with Crippen LogP contribution in [0.4, 0.5) is 5.69 Å². The number of benzene rings is 2. The van der Waals surface area contributed by atoms with Gasteiger partial charge in [-0.25, -0.2) is 5.10 Å². The third kappa shape index (κ3) is 2.96. The maximum atomic E-state index is 12.8. The van der Waals surface area contributed by atoms with Crippen molar-refractivity contribution in [2.24, 2.45) is 0 Å². The van der Waals surface area contributed by atoms with E-state index in [0.717, 1.165) is 29.7 Å². The van der Waals surface area contributed by atoms with Gasteiger partial charge < -0.3 is 5.32 Å². The highest BCUT2D eigenvalue weighted by atomic mass is 16.2. The van der Waals surface area contributed by atoms with Gasteiger partial charge in [-0.1, -0.05) is 42.5 Å². The Bertz CT molecular complexity index is 955. The molecule has 2 aromatic carbocycles. The molecule has 1 heterocycles. The summed E-state index contributed by atoms with van der Waals surface area (Å²) in [6, 6.07) is 20.5. The molecule has 25 heavy (non-hydrogen) atoms. The number of nitrogens with zero attached hydrogens (tertiary/aromatic N) is 1. The van der Waals surface area contributed by atoms with Gasteiger partial charge in [-0.05, 0) is 36.6 Å². The van der Waals surface area contributed by atoms with Crippen LogP contribution in [0.3, 0.4) is 0 Å². The first-order valence-electron chi connectivity index (χ1n) is 8.21. The predicted molar refractivity (Wildman–Crippen MR) is 96.3 cm³/mol. The summed E-state index contributed by atoms with van der Waals surface area (Å²) in [6.07, 6.45) is 1.73. The van der Waals surface area contributed by atoms with Crippen LogP contribution in [0.5, 0.6) is 0 Å². The number of nitrogens with one attached hydrogen (secondary N) is 2. The van der Waals surface area contributed by atoms with E-state index in [9.17, 15) is 9.59 Å². The lowest BCUT2D eigenvalue weighted by Gasteiger charge is -2.16. The van der Waals surface area contributed by atoms with Crippen LogP contribution in [0.1, 0.15) is 18.4 Å². The molecule has 3 aromatic rings. The lowest BCUT2D eigenvalue weighted by molar-refractivity contribution is -0.118. The molecule has 4 rings (SSSR count). The van der Waals surface area contributed by atoms with Gasteiger partial charge in [0.05, 0.1) is 11.1 Å². The number of hydrogen-bond acceptors (Lipinski definition) is 3. The fraction of sp³-hybridized carbons (Fsp3) is 0.150. The van der Waals surface area contributed by atoms with Crippen molar-refractivity contribution >= 4 is 11.6 Å². The quantitative estimate of drug-likeness (QED) is 0.771. The van der Waals surface area contributed by atoms with Crippen molar-refractivity contribution in [1.82, 2.24) is 10.2 Å². The van der Waals surface area contributed by atoms with E-state index in [1.54, 1.807) is 6.07 Å². The zero-order valence-corrected chi connectivity index (χ0v) is 13.5. The molecule has 0 radical (unpaired) electrons. The fourth-order valence-corrected chi connectivity index (χ4v) is 3.04. The van der Waals surface area contributed by atoms with Crippen molar-refractivity contribution in [3.63, 3.8) is 0 Å². The molecule has 0 saturated heterocycles. The lowest BCUT2D eigenvalue weighted by atomic mass is 9.95. The smallest absolute Gasteiger partial charge is 0.264 e. The Hall–Kier alpha value is -3.21. The highest BCUT2D eigenvalue weighted by molar-refractivity contribution is 6.01. The molecule has 0 atom stereocenters. The summed E-state index contributed by atoms with van der Waals surface area (Å²) in [7, 11) is 0. The van der Waals surface area contributed by atoms with E-state index >= 15 is 0 Å². The van der Waals surface area contributed by atoms with Gasteiger partial charge in [0.2, 0.25) is 5.91 Å². The zero-order chi connectivity index (χ0) is 17.3. The Morgan fingerprint density at radius 1 is 1.00 bits per heavy atom. The number of aromatic amines is 1. The largest absolute Gasteiger partial charge is 0.325 e. The van der Waals surface area contributed by atoms with Gasteiger partial charge in [-0.2, -0.15) is 5.10 Å². The van der Waals surface area contributed by atoms with Crippen LogP contribution in [0, 0.1) is 0 Å². The van der Waals surface area contributed by atoms with Crippen LogP contribution in [0.2, 0.25) is 0 Å². The Balaban J connectivity index is 1.57. The number of anilines is 1. The maximum Gasteiger partial charge on any atom is 0.264 e. The highest BCUT2D eigenvalue weighted by Crippen LogP contribution is 2.48. The number of H-pyrrole nitrogens is 1. The first kappa shape index (κ1) is 15.3. The number of hydrogen-bond donors (Lipinski definition) is 2. The topological polar surface area (TPSA) is 74.8 Å². The predicted octanol–water partition coefficient (Wildman–Crippen LogP) is 3.11. The first-order valence-corrected chi connectivity index (χ1v) is 8.21. The standard InChI is InChI=1S/C20H17N3O2/c24-18-10-9-17(22-23-18)14-5-4-8-16(13-14)21-19(25)20(11-12-20)15-6-2-1-3-7-15/h1-10,13H,11-12H2,(H,21,25)(H,23,24). The van der Waals surface area contributed by atoms with Gasteiger partial charge in [-0.3, -0.25) is 9.59 Å². The van der Waals surface area contributed by atoms with E-state index in [1.165, 1.54) is 6.07 Å². The van der Waals surface area contributed by atoms with Gasteiger partial charge in [0.15, 0.2) is 0 Å². The molecule has 1 fully saturated rings. The van der Waals surface area contributed by atoms with Crippen molar-refractivity contribution in [3.05, 3.63) is 82.6 Å². The summed E-state index contributed by atoms with van der Waals surface area (Å²) in [5, 5.41) is 9.47. The molecule has 124 valence electrons. The number of amides is 1. The molecule has 1 saturated carbocycles. The summed E-state index contributed by atoms with van der Waals surface area (Å²) >= 11 is 0. The van der Waals surface area contributed by atoms with Gasteiger partial charge in [-0.15, -0.1) is 0 Å². The van der Waals surface area contributed by atoms with E-state index in [-0.39, 0.29) is 11.5 Å². The Morgan fingerprint density at radius 2 is 1.80 bits per heavy atom. The average molecular weight is 331 g/mol. The Morgan fingerprint density at radius 3 is 2.48 bits per heavy atom. The molecule has 2 N–H and O–H groups in total. The summed E-state index contributed by atoms with van der Waals surface area (Å²) < 4.78 is 0. The summed E-state index contributed by atoms with van der Waals surface area (Å²) in [5.74, 6) is 0.0188. The van der Waals surface area contributed by atoms with E-state index in [0.29, 0.717) is 5.69 Å². The minimum Gasteiger partial charge on any atom is -0.325 e. The fourth-order valence-electron chi connectivity index (χ4n) is 3.04. The number of carbonyl (C=O) groups excluding carboxylic acids is 1. The van der Waals surface area contributed by atoms with Gasteiger partial charge in [0.1, 0.15) is 0 Å². The van der Waals surface area contributed by atoms with Crippen molar-refractivity contribution in [2.75, 3.05) is 5.32 Å². The van der Waals surface area contributed by atoms with Gasteiger partial charge >= 0.3 is 0 Å². The van der Waals surface area contributed by atoms with E-state index in [4.69, 9.17) is 0 Å². The molecule has 1 aliphatic carbocycles. The molecule has 1 amide bonds. The molecular weight excluding hydrogens is 314 g/mol. The SMILES string of the molecule is O=C(Nc1cccc(-c2ccc(=O)[nH]n2)c1)C1(c2ccccc2)CC1. The summed E-state index contributed by atoms with van der Waals surface area (Å²) in [5.41, 5.74) is 2.61. The van der Waals surface area contributed by atoms with Crippen LogP contribution >= 0.6 is 0 Å². The summed E-state index contributed by atoms with van der Waals surface area (Å²) in [6.45, 7) is 0. The first-order chi connectivity index (χ1) is 12.2. The second-order valence-corrected chi connectivity index (χ2v) is 6.29. The van der Waals surface area contributed by atoms with Gasteiger partial charge in [0, 0.05) is 17.3 Å². The molecular formula is C20H17N3O2. The number of rotatable bonds is 4. The Labute approximate surface area is 144 Å². The monoisotopic (exact) mass is 331 g/mol. The highest BCUT2D eigenvalue weighted by Gasteiger charge is 2.51. The minimum atomic E-state index is -0.409. The number of carbonyl (C=O) groups is 1. The third-order valence-electron chi connectivity index (χ3n) is 4.61. The molecule has 5 nitrogen and oxygen atoms in total. The van der Waals surface area contributed by atoms with E-state index in [2.05, 4.69) is 15.5 Å². The van der Waals surface area contributed by atoms with Crippen LogP contribution < -0.4 is 10.9 Å². The summed E-state index contributed by atoms with van der Waals surface area (Å²) in [4.78, 5) is 24.0. The number of aromatic nitrogens is 2. The molecule has 5 heteroatoms. The molecule has 0 bridgehead atoms. The van der Waals surface area contributed by atoms with Crippen molar-refractivity contribution in [1.29, 1.82) is 0 Å². The molecule has 0 spiro atoms. The van der Waals surface area contributed by atoms with Crippen molar-refractivity contribution in [3.8, 4) is 11.3 Å². The Kier molecular flexibility index (Phi) is 3.69. The van der Waals surface area contributed by atoms with E-state index in [1.807, 2.05) is 54.6 Å². The molecule has 0 unspecified atom stereocenters. The van der Waals surface area contributed by atoms with Gasteiger partial charge in [0.25, 0.3) is 5.56 Å². The third-order valence-corrected chi connectivity index (χ3v) is 4.61. The lowest BCUT2D eigenvalue weighted by Crippen LogP contribution is -2.27. The van der Waals surface area contributed by atoms with Crippen LogP contribution in [0.25, 0.3) is 11.3 Å². The maximum absolute atomic E-state index is 12.8. The normalized spacial score (nSPS) is 14.7. The molecule has 1 aliphatic rings. The van der Waals surface area contributed by atoms with Crippen molar-refractivity contribution in [2.45, 2.75) is 18.3 Å².